The molecule has 0 aliphatic heterocycles. The van der Waals surface area contributed by atoms with Crippen molar-refractivity contribution in [1.82, 2.24) is 25.3 Å². The van der Waals surface area contributed by atoms with Crippen molar-refractivity contribution in [2.24, 2.45) is 5.92 Å². The molecule has 0 radical (unpaired) electrons. The first kappa shape index (κ1) is 19.4. The van der Waals surface area contributed by atoms with Crippen molar-refractivity contribution >= 4 is 22.8 Å². The third-order valence-corrected chi connectivity index (χ3v) is 4.93. The Labute approximate surface area is 174 Å². The van der Waals surface area contributed by atoms with E-state index in [-0.39, 0.29) is 23.8 Å². The Bertz CT molecular complexity index is 1180. The van der Waals surface area contributed by atoms with Gasteiger partial charge < -0.3 is 11.1 Å². The number of benzene rings is 1. The van der Waals surface area contributed by atoms with Crippen LogP contribution in [0.3, 0.4) is 0 Å². The molecule has 0 saturated carbocycles. The van der Waals surface area contributed by atoms with Crippen LogP contribution >= 0.6 is 0 Å². The van der Waals surface area contributed by atoms with Crippen LogP contribution in [0.2, 0.25) is 0 Å². The molecule has 0 bridgehead atoms. The first-order valence-corrected chi connectivity index (χ1v) is 9.71. The smallest absolute Gasteiger partial charge is 0.252 e. The summed E-state index contributed by atoms with van der Waals surface area (Å²) in [4.78, 5) is 30.3. The molecule has 3 N–H and O–H groups in total. The molecule has 4 aromatic rings. The lowest BCUT2D eigenvalue weighted by Gasteiger charge is -2.23. The van der Waals surface area contributed by atoms with Gasteiger partial charge in [0, 0.05) is 35.7 Å². The van der Waals surface area contributed by atoms with Crippen LogP contribution in [0.1, 0.15) is 35.8 Å². The van der Waals surface area contributed by atoms with Crippen molar-refractivity contribution in [2.45, 2.75) is 19.9 Å². The van der Waals surface area contributed by atoms with Gasteiger partial charge in [-0.25, -0.2) is 15.0 Å². The van der Waals surface area contributed by atoms with Crippen LogP contribution in [0.5, 0.6) is 0 Å². The maximum Gasteiger partial charge on any atom is 0.252 e. The molecule has 0 saturated heterocycles. The molecule has 1 aromatic carbocycles. The largest absolute Gasteiger partial charge is 0.368 e. The maximum absolute atomic E-state index is 13.4. The second-order valence-electron chi connectivity index (χ2n) is 7.38. The van der Waals surface area contributed by atoms with E-state index in [1.54, 1.807) is 30.9 Å². The fraction of sp³-hybridized carbons (Fsp3) is 0.174. The van der Waals surface area contributed by atoms with Gasteiger partial charge in [0.15, 0.2) is 0 Å². The van der Waals surface area contributed by atoms with E-state index in [9.17, 15) is 4.79 Å². The molecular weight excluding hydrogens is 376 g/mol. The number of para-hydroxylation sites is 1. The lowest BCUT2D eigenvalue weighted by Crippen LogP contribution is -2.32. The van der Waals surface area contributed by atoms with E-state index in [1.807, 2.05) is 36.4 Å². The summed E-state index contributed by atoms with van der Waals surface area (Å²) in [7, 11) is 0. The average molecular weight is 398 g/mol. The van der Waals surface area contributed by atoms with Crippen LogP contribution in [0.4, 0.5) is 5.95 Å². The molecule has 0 fully saturated rings. The minimum absolute atomic E-state index is 0.165. The highest BCUT2D eigenvalue weighted by atomic mass is 16.1. The van der Waals surface area contributed by atoms with Crippen LogP contribution in [0.25, 0.3) is 22.2 Å². The molecule has 4 rings (SSSR count). The molecule has 150 valence electrons. The zero-order valence-corrected chi connectivity index (χ0v) is 16.8. The molecule has 0 aliphatic carbocycles. The fourth-order valence-corrected chi connectivity index (χ4v) is 3.40. The van der Waals surface area contributed by atoms with Crippen molar-refractivity contribution in [3.05, 3.63) is 78.4 Å². The Kier molecular flexibility index (Phi) is 5.34. The van der Waals surface area contributed by atoms with Crippen LogP contribution in [0.15, 0.2) is 67.3 Å². The van der Waals surface area contributed by atoms with E-state index in [2.05, 4.69) is 39.1 Å². The van der Waals surface area contributed by atoms with Crippen molar-refractivity contribution in [2.75, 3.05) is 5.73 Å². The number of nitrogens with zero attached hydrogens (tertiary/aromatic N) is 4. The summed E-state index contributed by atoms with van der Waals surface area (Å²) < 4.78 is 0. The quantitative estimate of drug-likeness (QED) is 0.530. The summed E-state index contributed by atoms with van der Waals surface area (Å²) in [5.41, 5.74) is 9.13. The Morgan fingerprint density at radius 3 is 2.50 bits per heavy atom. The van der Waals surface area contributed by atoms with Gasteiger partial charge in [-0.05, 0) is 29.7 Å². The SMILES string of the molecule is CC(C)C(NC(=O)c1cc(-c2cnc(N)nc2)nc2ccccc12)c1cccnc1. The van der Waals surface area contributed by atoms with Crippen LogP contribution in [-0.2, 0) is 0 Å². The number of rotatable bonds is 5. The third kappa shape index (κ3) is 3.96. The molecule has 30 heavy (non-hydrogen) atoms. The number of nitrogens with two attached hydrogens (primary N) is 1. The van der Waals surface area contributed by atoms with E-state index in [1.165, 1.54) is 0 Å². The topological polar surface area (TPSA) is 107 Å². The normalized spacial score (nSPS) is 12.1. The van der Waals surface area contributed by atoms with Gasteiger partial charge in [0.05, 0.1) is 22.8 Å². The van der Waals surface area contributed by atoms with E-state index < -0.39 is 0 Å². The van der Waals surface area contributed by atoms with Gasteiger partial charge in [-0.3, -0.25) is 9.78 Å². The number of fused-ring (bicyclic) bond motifs is 1. The standard InChI is InChI=1S/C23H22N6O/c1-14(2)21(15-6-5-9-25-11-15)29-22(30)18-10-20(16-12-26-23(24)27-13-16)28-19-8-4-3-7-17(18)19/h3-14,21H,1-2H3,(H,29,30)(H2,24,26,27). The molecule has 1 amide bonds. The number of hydrogen-bond acceptors (Lipinski definition) is 6. The Morgan fingerprint density at radius 1 is 1.03 bits per heavy atom. The lowest BCUT2D eigenvalue weighted by molar-refractivity contribution is 0.0927. The van der Waals surface area contributed by atoms with E-state index in [4.69, 9.17) is 5.73 Å². The molecule has 7 heteroatoms. The summed E-state index contributed by atoms with van der Waals surface area (Å²) in [6.45, 7) is 4.14. The highest BCUT2D eigenvalue weighted by Crippen LogP contribution is 2.26. The Balaban J connectivity index is 1.76. The summed E-state index contributed by atoms with van der Waals surface area (Å²) in [6, 6.07) is 13.0. The number of hydrogen-bond donors (Lipinski definition) is 2. The molecule has 1 atom stereocenters. The fourth-order valence-electron chi connectivity index (χ4n) is 3.40. The van der Waals surface area contributed by atoms with E-state index >= 15 is 0 Å². The first-order valence-electron chi connectivity index (χ1n) is 9.71. The molecule has 3 aromatic heterocycles. The minimum Gasteiger partial charge on any atom is -0.368 e. The monoisotopic (exact) mass is 398 g/mol. The molecule has 0 aliphatic rings. The maximum atomic E-state index is 13.4. The average Bonchev–Trinajstić information content (AvgIpc) is 2.77. The Hall–Kier alpha value is -3.87. The molecular formula is C23H22N6O. The number of nitrogens with one attached hydrogen (secondary N) is 1. The predicted octanol–water partition coefficient (Wildman–Crippen LogP) is 3.80. The van der Waals surface area contributed by atoms with Gasteiger partial charge in [0.2, 0.25) is 5.95 Å². The van der Waals surface area contributed by atoms with Crippen LogP contribution in [-0.4, -0.2) is 25.8 Å². The molecule has 1 unspecified atom stereocenters. The predicted molar refractivity (Wildman–Crippen MR) is 116 cm³/mol. The van der Waals surface area contributed by atoms with Crippen molar-refractivity contribution in [3.8, 4) is 11.3 Å². The number of anilines is 1. The number of pyridine rings is 2. The summed E-state index contributed by atoms with van der Waals surface area (Å²) >= 11 is 0. The van der Waals surface area contributed by atoms with Crippen molar-refractivity contribution < 1.29 is 4.79 Å². The van der Waals surface area contributed by atoms with Gasteiger partial charge in [0.25, 0.3) is 5.91 Å². The van der Waals surface area contributed by atoms with Gasteiger partial charge in [-0.15, -0.1) is 0 Å². The third-order valence-electron chi connectivity index (χ3n) is 4.93. The molecule has 7 nitrogen and oxygen atoms in total. The van der Waals surface area contributed by atoms with Crippen LogP contribution < -0.4 is 11.1 Å². The van der Waals surface area contributed by atoms with E-state index in [0.29, 0.717) is 16.8 Å². The van der Waals surface area contributed by atoms with Gasteiger partial charge >= 0.3 is 0 Å². The van der Waals surface area contributed by atoms with Gasteiger partial charge in [-0.1, -0.05) is 38.1 Å². The van der Waals surface area contributed by atoms with Crippen LogP contribution in [0, 0.1) is 5.92 Å². The minimum atomic E-state index is -0.172. The summed E-state index contributed by atoms with van der Waals surface area (Å²) in [5.74, 6) is 0.207. The summed E-state index contributed by atoms with van der Waals surface area (Å²) in [6.07, 6.45) is 6.72. The van der Waals surface area contributed by atoms with Gasteiger partial charge in [0.1, 0.15) is 0 Å². The highest BCUT2D eigenvalue weighted by molar-refractivity contribution is 6.07. The highest BCUT2D eigenvalue weighted by Gasteiger charge is 2.21. The zero-order chi connectivity index (χ0) is 21.1. The number of carbonyl (C=O) groups is 1. The molecule has 3 heterocycles. The molecule has 0 spiro atoms. The number of carbonyl (C=O) groups excluding carboxylic acids is 1. The lowest BCUT2D eigenvalue weighted by atomic mass is 9.96. The second kappa shape index (κ2) is 8.24. The first-order chi connectivity index (χ1) is 14.5. The van der Waals surface area contributed by atoms with Crippen molar-refractivity contribution in [3.63, 3.8) is 0 Å². The summed E-state index contributed by atoms with van der Waals surface area (Å²) in [5, 5.41) is 3.95. The zero-order valence-electron chi connectivity index (χ0n) is 16.8. The number of amides is 1. The number of nitrogen functional groups attached to an aromatic ring is 1. The van der Waals surface area contributed by atoms with E-state index in [0.717, 1.165) is 16.5 Å². The number of aromatic nitrogens is 4. The second-order valence-corrected chi connectivity index (χ2v) is 7.38. The van der Waals surface area contributed by atoms with Crippen molar-refractivity contribution in [1.29, 1.82) is 0 Å². The Morgan fingerprint density at radius 2 is 1.80 bits per heavy atom. The van der Waals surface area contributed by atoms with Gasteiger partial charge in [-0.2, -0.15) is 0 Å².